The van der Waals surface area contributed by atoms with Crippen LogP contribution in [0.4, 0.5) is 5.69 Å². The Hall–Kier alpha value is -2.82. The molecule has 2 rings (SSSR count). The molecule has 0 bridgehead atoms. The van der Waals surface area contributed by atoms with Crippen molar-refractivity contribution in [3.8, 4) is 5.75 Å². The monoisotopic (exact) mass is 327 g/mol. The lowest BCUT2D eigenvalue weighted by Gasteiger charge is -2.11. The summed E-state index contributed by atoms with van der Waals surface area (Å²) in [6.07, 6.45) is 0.186. The maximum absolute atomic E-state index is 12.0. The summed E-state index contributed by atoms with van der Waals surface area (Å²) in [5.74, 6) is 0.0449. The number of aryl methyl sites for hydroxylation is 1. The van der Waals surface area contributed by atoms with E-state index in [-0.39, 0.29) is 25.5 Å². The molecule has 5 heteroatoms. The van der Waals surface area contributed by atoms with E-state index >= 15 is 0 Å². The van der Waals surface area contributed by atoms with Gasteiger partial charge in [-0.15, -0.1) is 0 Å². The first-order chi connectivity index (χ1) is 11.6. The van der Waals surface area contributed by atoms with E-state index in [4.69, 9.17) is 9.47 Å². The number of ether oxygens (including phenoxy) is 2. The van der Waals surface area contributed by atoms with Crippen LogP contribution in [0, 0.1) is 6.92 Å². The molecule has 2 aromatic rings. The van der Waals surface area contributed by atoms with E-state index in [9.17, 15) is 9.59 Å². The summed E-state index contributed by atoms with van der Waals surface area (Å²) in [7, 11) is 0. The number of esters is 1. The molecule has 1 N–H and O–H groups in total. The van der Waals surface area contributed by atoms with Gasteiger partial charge < -0.3 is 14.8 Å². The van der Waals surface area contributed by atoms with E-state index in [1.807, 2.05) is 31.2 Å². The maximum Gasteiger partial charge on any atom is 0.340 e. The molecule has 0 heterocycles. The molecule has 24 heavy (non-hydrogen) atoms. The van der Waals surface area contributed by atoms with E-state index in [2.05, 4.69) is 5.32 Å². The number of hydrogen-bond donors (Lipinski definition) is 1. The Bertz CT molecular complexity index is 695. The van der Waals surface area contributed by atoms with Crippen molar-refractivity contribution in [2.75, 3.05) is 18.5 Å². The van der Waals surface area contributed by atoms with Crippen molar-refractivity contribution in [2.45, 2.75) is 20.3 Å². The van der Waals surface area contributed by atoms with Crippen LogP contribution in [-0.2, 0) is 9.53 Å². The van der Waals surface area contributed by atoms with Crippen LogP contribution in [0.1, 0.15) is 29.3 Å². The fraction of sp³-hybridized carbons (Fsp3) is 0.263. The Morgan fingerprint density at radius 3 is 2.46 bits per heavy atom. The Balaban J connectivity index is 1.88. The molecule has 0 saturated heterocycles. The number of carbonyl (C=O) groups excluding carboxylic acids is 2. The van der Waals surface area contributed by atoms with E-state index in [0.29, 0.717) is 11.3 Å². The lowest BCUT2D eigenvalue weighted by atomic mass is 10.1. The first kappa shape index (κ1) is 17.5. The van der Waals surface area contributed by atoms with Gasteiger partial charge in [-0.25, -0.2) is 4.79 Å². The fourth-order valence-electron chi connectivity index (χ4n) is 2.09. The molecule has 0 fully saturated rings. The number of carbonyl (C=O) groups is 2. The molecule has 1 amide bonds. The summed E-state index contributed by atoms with van der Waals surface area (Å²) in [6.45, 7) is 4.28. The van der Waals surface area contributed by atoms with Crippen molar-refractivity contribution in [3.63, 3.8) is 0 Å². The van der Waals surface area contributed by atoms with Gasteiger partial charge in [0.15, 0.2) is 0 Å². The van der Waals surface area contributed by atoms with Crippen molar-refractivity contribution in [1.29, 1.82) is 0 Å². The van der Waals surface area contributed by atoms with Crippen LogP contribution < -0.4 is 10.1 Å². The first-order valence-corrected chi connectivity index (χ1v) is 7.85. The standard InChI is InChI=1S/C19H21NO4/c1-3-23-19(22)16-6-4-5-7-17(16)20-18(21)12-13-24-15-10-8-14(2)9-11-15/h4-11H,3,12-13H2,1-2H3,(H,20,21). The van der Waals surface area contributed by atoms with Crippen molar-refractivity contribution < 1.29 is 19.1 Å². The van der Waals surface area contributed by atoms with Crippen molar-refractivity contribution in [2.24, 2.45) is 0 Å². The van der Waals surface area contributed by atoms with Gasteiger partial charge in [-0.2, -0.15) is 0 Å². The van der Waals surface area contributed by atoms with Gasteiger partial charge >= 0.3 is 5.97 Å². The minimum Gasteiger partial charge on any atom is -0.493 e. The van der Waals surface area contributed by atoms with Crippen molar-refractivity contribution in [1.82, 2.24) is 0 Å². The molecule has 0 aliphatic rings. The van der Waals surface area contributed by atoms with Crippen molar-refractivity contribution >= 4 is 17.6 Å². The van der Waals surface area contributed by atoms with Gasteiger partial charge in [-0.1, -0.05) is 29.8 Å². The third kappa shape index (κ3) is 5.12. The molecule has 126 valence electrons. The molecular formula is C19H21NO4. The lowest BCUT2D eigenvalue weighted by molar-refractivity contribution is -0.116. The number of nitrogens with one attached hydrogen (secondary N) is 1. The second-order valence-corrected chi connectivity index (χ2v) is 5.23. The summed E-state index contributed by atoms with van der Waals surface area (Å²) in [4.78, 5) is 23.9. The van der Waals surface area contributed by atoms with E-state index in [0.717, 1.165) is 11.3 Å². The summed E-state index contributed by atoms with van der Waals surface area (Å²) in [6, 6.07) is 14.4. The Morgan fingerprint density at radius 1 is 1.04 bits per heavy atom. The zero-order chi connectivity index (χ0) is 17.4. The zero-order valence-electron chi connectivity index (χ0n) is 13.9. The maximum atomic E-state index is 12.0. The van der Waals surface area contributed by atoms with Gasteiger partial charge in [0.1, 0.15) is 5.75 Å². The molecule has 5 nitrogen and oxygen atoms in total. The molecule has 0 unspecified atom stereocenters. The SMILES string of the molecule is CCOC(=O)c1ccccc1NC(=O)CCOc1ccc(C)cc1. The topological polar surface area (TPSA) is 64.6 Å². The summed E-state index contributed by atoms with van der Waals surface area (Å²) < 4.78 is 10.5. The minimum atomic E-state index is -0.454. The Kier molecular flexibility index (Phi) is 6.37. The quantitative estimate of drug-likeness (QED) is 0.790. The van der Waals surface area contributed by atoms with Gasteiger partial charge in [0.05, 0.1) is 30.9 Å². The number of hydrogen-bond acceptors (Lipinski definition) is 4. The number of para-hydroxylation sites is 1. The highest BCUT2D eigenvalue weighted by Crippen LogP contribution is 2.17. The summed E-state index contributed by atoms with van der Waals surface area (Å²) in [5, 5.41) is 2.73. The van der Waals surface area contributed by atoms with Gasteiger partial charge in [-0.3, -0.25) is 4.79 Å². The largest absolute Gasteiger partial charge is 0.493 e. The molecule has 0 aliphatic carbocycles. The van der Waals surface area contributed by atoms with Crippen LogP contribution in [0.5, 0.6) is 5.75 Å². The molecular weight excluding hydrogens is 306 g/mol. The van der Waals surface area contributed by atoms with Gasteiger partial charge in [0.25, 0.3) is 0 Å². The van der Waals surface area contributed by atoms with Crippen LogP contribution in [0.3, 0.4) is 0 Å². The molecule has 0 aliphatic heterocycles. The molecule has 2 aromatic carbocycles. The van der Waals surface area contributed by atoms with Crippen LogP contribution in [0.15, 0.2) is 48.5 Å². The average Bonchev–Trinajstić information content (AvgIpc) is 2.57. The molecule has 0 radical (unpaired) electrons. The summed E-state index contributed by atoms with van der Waals surface area (Å²) in [5.41, 5.74) is 1.93. The van der Waals surface area contributed by atoms with E-state index in [1.165, 1.54) is 0 Å². The van der Waals surface area contributed by atoms with E-state index in [1.54, 1.807) is 31.2 Å². The van der Waals surface area contributed by atoms with Gasteiger partial charge in [0, 0.05) is 0 Å². The third-order valence-electron chi connectivity index (χ3n) is 3.32. The number of amides is 1. The van der Waals surface area contributed by atoms with Crippen molar-refractivity contribution in [3.05, 3.63) is 59.7 Å². The smallest absolute Gasteiger partial charge is 0.340 e. The van der Waals surface area contributed by atoms with Crippen LogP contribution >= 0.6 is 0 Å². The zero-order valence-corrected chi connectivity index (χ0v) is 13.9. The highest BCUT2D eigenvalue weighted by atomic mass is 16.5. The second-order valence-electron chi connectivity index (χ2n) is 5.23. The second kappa shape index (κ2) is 8.72. The molecule has 0 atom stereocenters. The molecule has 0 saturated carbocycles. The lowest BCUT2D eigenvalue weighted by Crippen LogP contribution is -2.18. The molecule has 0 aromatic heterocycles. The predicted octanol–water partition coefficient (Wildman–Crippen LogP) is 3.58. The Morgan fingerprint density at radius 2 is 1.75 bits per heavy atom. The first-order valence-electron chi connectivity index (χ1n) is 7.85. The predicted molar refractivity (Wildman–Crippen MR) is 92.3 cm³/mol. The highest BCUT2D eigenvalue weighted by molar-refractivity contribution is 6.01. The summed E-state index contributed by atoms with van der Waals surface area (Å²) >= 11 is 0. The minimum absolute atomic E-state index is 0.186. The van der Waals surface area contributed by atoms with Gasteiger partial charge in [0.2, 0.25) is 5.91 Å². The average molecular weight is 327 g/mol. The van der Waals surface area contributed by atoms with Crippen LogP contribution in [0.25, 0.3) is 0 Å². The fourth-order valence-corrected chi connectivity index (χ4v) is 2.09. The Labute approximate surface area is 141 Å². The number of benzene rings is 2. The van der Waals surface area contributed by atoms with Gasteiger partial charge in [-0.05, 0) is 38.1 Å². The van der Waals surface area contributed by atoms with Crippen LogP contribution in [-0.4, -0.2) is 25.1 Å². The van der Waals surface area contributed by atoms with E-state index < -0.39 is 5.97 Å². The van der Waals surface area contributed by atoms with Crippen LogP contribution in [0.2, 0.25) is 0 Å². The third-order valence-corrected chi connectivity index (χ3v) is 3.32. The highest BCUT2D eigenvalue weighted by Gasteiger charge is 2.13. The molecule has 0 spiro atoms. The normalized spacial score (nSPS) is 10.1. The number of rotatable bonds is 7. The number of anilines is 1.